The summed E-state index contributed by atoms with van der Waals surface area (Å²) in [7, 11) is 0. The number of carbonyl (C=O) groups excluding carboxylic acids is 1. The molecule has 1 N–H and O–H groups in total. The number of aromatic nitrogens is 1. The summed E-state index contributed by atoms with van der Waals surface area (Å²) < 4.78 is 0. The predicted octanol–water partition coefficient (Wildman–Crippen LogP) is 2.04. The molecule has 1 fully saturated rings. The Hall–Kier alpha value is -1.91. The average molecular weight is 262 g/mol. The molecule has 1 aromatic heterocycles. The summed E-state index contributed by atoms with van der Waals surface area (Å²) in [4.78, 5) is 29.1. The zero-order valence-corrected chi connectivity index (χ0v) is 11.0. The highest BCUT2D eigenvalue weighted by molar-refractivity contribution is 6.03. The topological polar surface area (TPSA) is 70.5 Å². The Morgan fingerprint density at radius 2 is 2.32 bits per heavy atom. The third-order valence-corrected chi connectivity index (χ3v) is 3.51. The van der Waals surface area contributed by atoms with E-state index in [2.05, 4.69) is 11.9 Å². The fourth-order valence-corrected chi connectivity index (χ4v) is 2.56. The zero-order chi connectivity index (χ0) is 13.8. The molecule has 2 rings (SSSR count). The minimum atomic E-state index is -1.11. The maximum atomic E-state index is 12.3. The predicted molar refractivity (Wildman–Crippen MR) is 70.1 cm³/mol. The van der Waals surface area contributed by atoms with Gasteiger partial charge < -0.3 is 10.0 Å². The van der Waals surface area contributed by atoms with Crippen LogP contribution in [0.25, 0.3) is 0 Å². The van der Waals surface area contributed by atoms with Crippen LogP contribution < -0.4 is 0 Å². The van der Waals surface area contributed by atoms with Crippen molar-refractivity contribution in [3.63, 3.8) is 0 Å². The third kappa shape index (κ3) is 2.92. The molecule has 1 amide bonds. The van der Waals surface area contributed by atoms with Crippen molar-refractivity contribution in [1.82, 2.24) is 9.88 Å². The molecule has 19 heavy (non-hydrogen) atoms. The summed E-state index contributed by atoms with van der Waals surface area (Å²) >= 11 is 0. The van der Waals surface area contributed by atoms with Crippen molar-refractivity contribution < 1.29 is 14.7 Å². The molecular weight excluding hydrogens is 244 g/mol. The summed E-state index contributed by atoms with van der Waals surface area (Å²) in [5.41, 5.74) is 0.0265. The van der Waals surface area contributed by atoms with Crippen LogP contribution in [0.4, 0.5) is 0 Å². The molecule has 0 aromatic carbocycles. The van der Waals surface area contributed by atoms with Crippen LogP contribution in [0.1, 0.15) is 47.0 Å². The molecule has 1 atom stereocenters. The second kappa shape index (κ2) is 5.82. The lowest BCUT2D eigenvalue weighted by molar-refractivity contribution is 0.0678. The van der Waals surface area contributed by atoms with Gasteiger partial charge in [0.05, 0.1) is 5.56 Å². The number of rotatable bonds is 4. The number of carboxylic acids is 1. The van der Waals surface area contributed by atoms with Crippen LogP contribution in [0.3, 0.4) is 0 Å². The molecule has 0 spiro atoms. The molecule has 1 unspecified atom stereocenters. The summed E-state index contributed by atoms with van der Waals surface area (Å²) in [6, 6.07) is 2.95. The van der Waals surface area contributed by atoms with E-state index in [1.54, 1.807) is 4.90 Å². The van der Waals surface area contributed by atoms with Gasteiger partial charge in [0.25, 0.3) is 5.91 Å². The molecule has 5 heteroatoms. The first-order chi connectivity index (χ1) is 9.13. The molecule has 2 heterocycles. The van der Waals surface area contributed by atoms with Crippen molar-refractivity contribution >= 4 is 11.9 Å². The van der Waals surface area contributed by atoms with Gasteiger partial charge in [-0.3, -0.25) is 9.78 Å². The third-order valence-electron chi connectivity index (χ3n) is 3.51. The largest absolute Gasteiger partial charge is 0.478 e. The molecule has 0 aliphatic carbocycles. The van der Waals surface area contributed by atoms with E-state index in [0.29, 0.717) is 19.0 Å². The van der Waals surface area contributed by atoms with E-state index in [1.165, 1.54) is 18.3 Å². The number of hydrogen-bond acceptors (Lipinski definition) is 3. The standard InChI is InChI=1S/C14H18N2O3/c1-2-4-10-6-8-16(9-10)13(17)12-11(14(18)19)5-3-7-15-12/h3,5,7,10H,2,4,6,8-9H2,1H3,(H,18,19). The number of carboxylic acid groups (broad SMARTS) is 1. The first-order valence-corrected chi connectivity index (χ1v) is 6.61. The van der Waals surface area contributed by atoms with Crippen LogP contribution >= 0.6 is 0 Å². The number of amides is 1. The number of likely N-dealkylation sites (tertiary alicyclic amines) is 1. The van der Waals surface area contributed by atoms with Gasteiger partial charge in [-0.1, -0.05) is 13.3 Å². The van der Waals surface area contributed by atoms with Gasteiger partial charge in [-0.25, -0.2) is 4.79 Å². The first-order valence-electron chi connectivity index (χ1n) is 6.61. The van der Waals surface area contributed by atoms with Crippen LogP contribution in [-0.4, -0.2) is 40.0 Å². The van der Waals surface area contributed by atoms with E-state index < -0.39 is 5.97 Å². The number of pyridine rings is 1. The lowest BCUT2D eigenvalue weighted by Crippen LogP contribution is -2.30. The smallest absolute Gasteiger partial charge is 0.338 e. The molecule has 0 radical (unpaired) electrons. The van der Waals surface area contributed by atoms with Crippen molar-refractivity contribution in [2.45, 2.75) is 26.2 Å². The van der Waals surface area contributed by atoms with Crippen molar-refractivity contribution in [3.8, 4) is 0 Å². The first kappa shape index (κ1) is 13.5. The summed E-state index contributed by atoms with van der Waals surface area (Å²) in [6.07, 6.45) is 4.67. The van der Waals surface area contributed by atoms with Crippen molar-refractivity contribution in [2.24, 2.45) is 5.92 Å². The number of nitrogens with zero attached hydrogens (tertiary/aromatic N) is 2. The van der Waals surface area contributed by atoms with Crippen LogP contribution in [-0.2, 0) is 0 Å². The van der Waals surface area contributed by atoms with Gasteiger partial charge in [0.15, 0.2) is 0 Å². The van der Waals surface area contributed by atoms with Gasteiger partial charge in [0, 0.05) is 19.3 Å². The van der Waals surface area contributed by atoms with Gasteiger partial charge in [-0.2, -0.15) is 0 Å². The molecule has 1 aliphatic rings. The van der Waals surface area contributed by atoms with E-state index in [-0.39, 0.29) is 17.2 Å². The Morgan fingerprint density at radius 1 is 1.53 bits per heavy atom. The zero-order valence-electron chi connectivity index (χ0n) is 11.0. The minimum absolute atomic E-state index is 0.0218. The number of aromatic carboxylic acids is 1. The van der Waals surface area contributed by atoms with Crippen LogP contribution in [0.5, 0.6) is 0 Å². The monoisotopic (exact) mass is 262 g/mol. The Labute approximate surface area is 112 Å². The van der Waals surface area contributed by atoms with E-state index >= 15 is 0 Å². The highest BCUT2D eigenvalue weighted by Gasteiger charge is 2.29. The van der Waals surface area contributed by atoms with Crippen LogP contribution in [0.15, 0.2) is 18.3 Å². The molecule has 1 saturated heterocycles. The van der Waals surface area contributed by atoms with Gasteiger partial charge in [0.1, 0.15) is 5.69 Å². The maximum Gasteiger partial charge on any atom is 0.338 e. The fraction of sp³-hybridized carbons (Fsp3) is 0.500. The quantitative estimate of drug-likeness (QED) is 0.901. The normalized spacial score (nSPS) is 18.6. The lowest BCUT2D eigenvalue weighted by atomic mass is 10.0. The number of carbonyl (C=O) groups is 2. The Kier molecular flexibility index (Phi) is 4.14. The van der Waals surface area contributed by atoms with Gasteiger partial charge in [0.2, 0.25) is 0 Å². The van der Waals surface area contributed by atoms with Crippen molar-refractivity contribution in [2.75, 3.05) is 13.1 Å². The molecule has 0 saturated carbocycles. The van der Waals surface area contributed by atoms with E-state index in [4.69, 9.17) is 5.11 Å². The molecule has 5 nitrogen and oxygen atoms in total. The Balaban J connectivity index is 2.15. The van der Waals surface area contributed by atoms with E-state index in [0.717, 1.165) is 19.3 Å². The van der Waals surface area contributed by atoms with Crippen molar-refractivity contribution in [1.29, 1.82) is 0 Å². The molecule has 1 aromatic rings. The van der Waals surface area contributed by atoms with Crippen LogP contribution in [0.2, 0.25) is 0 Å². The SMILES string of the molecule is CCCC1CCN(C(=O)c2ncccc2C(=O)O)C1. The highest BCUT2D eigenvalue weighted by Crippen LogP contribution is 2.22. The average Bonchev–Trinajstić information content (AvgIpc) is 2.87. The van der Waals surface area contributed by atoms with Crippen molar-refractivity contribution in [3.05, 3.63) is 29.6 Å². The lowest BCUT2D eigenvalue weighted by Gasteiger charge is -2.16. The molecule has 0 bridgehead atoms. The van der Waals surface area contributed by atoms with Crippen LogP contribution in [0, 0.1) is 5.92 Å². The molecule has 102 valence electrons. The summed E-state index contributed by atoms with van der Waals surface area (Å²) in [5, 5.41) is 9.08. The summed E-state index contributed by atoms with van der Waals surface area (Å²) in [6.45, 7) is 3.53. The molecular formula is C14H18N2O3. The fourth-order valence-electron chi connectivity index (χ4n) is 2.56. The van der Waals surface area contributed by atoms with E-state index in [9.17, 15) is 9.59 Å². The minimum Gasteiger partial charge on any atom is -0.478 e. The maximum absolute atomic E-state index is 12.3. The second-order valence-electron chi connectivity index (χ2n) is 4.90. The van der Waals surface area contributed by atoms with Gasteiger partial charge in [-0.05, 0) is 30.9 Å². The highest BCUT2D eigenvalue weighted by atomic mass is 16.4. The molecule has 1 aliphatic heterocycles. The second-order valence-corrected chi connectivity index (χ2v) is 4.90. The summed E-state index contributed by atoms with van der Waals surface area (Å²) in [5.74, 6) is -0.844. The Bertz CT molecular complexity index is 487. The van der Waals surface area contributed by atoms with Gasteiger partial charge >= 0.3 is 5.97 Å². The van der Waals surface area contributed by atoms with Gasteiger partial charge in [-0.15, -0.1) is 0 Å². The van der Waals surface area contributed by atoms with E-state index in [1.807, 2.05) is 0 Å². The Morgan fingerprint density at radius 3 is 3.00 bits per heavy atom. The number of hydrogen-bond donors (Lipinski definition) is 1.